The standard InChI is InChI=1S/C21H16FN3O7S2/c1-24(14-5-3-4-6-16(14)32-2)34(30,31)11-7-8-12(22)15(9-11)25-19(26)17-13(23-21(25)29)10-33-18(17)20(27)28/h3-10H,1-2H3,(H,23,29)(H,27,28). The van der Waals surface area contributed by atoms with Gasteiger partial charge in [-0.3, -0.25) is 9.10 Å². The van der Waals surface area contributed by atoms with Crippen LogP contribution in [0.15, 0.2) is 62.3 Å². The van der Waals surface area contributed by atoms with Crippen LogP contribution in [0.1, 0.15) is 9.67 Å². The molecule has 4 rings (SSSR count). The molecule has 0 aliphatic heterocycles. The number of para-hydroxylation sites is 2. The van der Waals surface area contributed by atoms with Gasteiger partial charge in [-0.2, -0.15) is 0 Å². The lowest BCUT2D eigenvalue weighted by Gasteiger charge is -2.22. The molecule has 0 spiro atoms. The fraction of sp³-hybridized carbons (Fsp3) is 0.0952. The fourth-order valence-electron chi connectivity index (χ4n) is 3.42. The van der Waals surface area contributed by atoms with Gasteiger partial charge in [0.1, 0.15) is 16.4 Å². The Morgan fingerprint density at radius 1 is 1.21 bits per heavy atom. The van der Waals surface area contributed by atoms with Crippen LogP contribution in [0.4, 0.5) is 10.1 Å². The molecular weight excluding hydrogens is 489 g/mol. The van der Waals surface area contributed by atoms with Crippen LogP contribution in [0.2, 0.25) is 0 Å². The van der Waals surface area contributed by atoms with Crippen molar-refractivity contribution in [1.29, 1.82) is 0 Å². The maximum Gasteiger partial charge on any atom is 0.346 e. The van der Waals surface area contributed by atoms with Gasteiger partial charge < -0.3 is 14.8 Å². The molecule has 176 valence electrons. The van der Waals surface area contributed by atoms with Crippen molar-refractivity contribution in [2.45, 2.75) is 4.90 Å². The minimum Gasteiger partial charge on any atom is -0.495 e. The number of aromatic nitrogens is 2. The van der Waals surface area contributed by atoms with Crippen LogP contribution in [0.3, 0.4) is 0 Å². The molecule has 34 heavy (non-hydrogen) atoms. The van der Waals surface area contributed by atoms with Gasteiger partial charge >= 0.3 is 11.7 Å². The SMILES string of the molecule is COc1ccccc1N(C)S(=O)(=O)c1ccc(F)c(-n2c(=O)[nH]c3csc(C(=O)O)c3c2=O)c1. The Bertz CT molecular complexity index is 1670. The van der Waals surface area contributed by atoms with Crippen molar-refractivity contribution >= 4 is 43.9 Å². The molecule has 0 atom stereocenters. The number of nitrogens with one attached hydrogen (secondary N) is 1. The van der Waals surface area contributed by atoms with E-state index >= 15 is 0 Å². The second-order valence-electron chi connectivity index (χ2n) is 6.99. The van der Waals surface area contributed by atoms with E-state index in [9.17, 15) is 32.3 Å². The third kappa shape index (κ3) is 3.64. The number of methoxy groups -OCH3 is 1. The van der Waals surface area contributed by atoms with E-state index in [2.05, 4.69) is 4.98 Å². The average molecular weight is 506 g/mol. The number of fused-ring (bicyclic) bond motifs is 1. The minimum atomic E-state index is -4.28. The zero-order valence-corrected chi connectivity index (χ0v) is 19.2. The monoisotopic (exact) mass is 505 g/mol. The molecule has 4 aromatic rings. The molecule has 0 bridgehead atoms. The number of hydrogen-bond acceptors (Lipinski definition) is 7. The molecule has 2 aromatic carbocycles. The van der Waals surface area contributed by atoms with Crippen LogP contribution in [-0.4, -0.2) is 43.2 Å². The topological polar surface area (TPSA) is 139 Å². The zero-order valence-electron chi connectivity index (χ0n) is 17.6. The number of carboxylic acids is 1. The highest BCUT2D eigenvalue weighted by molar-refractivity contribution is 7.92. The zero-order chi connectivity index (χ0) is 24.8. The molecular formula is C21H16FN3O7S2. The van der Waals surface area contributed by atoms with Crippen molar-refractivity contribution in [2.24, 2.45) is 0 Å². The Morgan fingerprint density at radius 3 is 2.59 bits per heavy atom. The van der Waals surface area contributed by atoms with Gasteiger partial charge in [0.05, 0.1) is 34.3 Å². The molecule has 0 saturated heterocycles. The van der Waals surface area contributed by atoms with E-state index in [1.54, 1.807) is 18.2 Å². The predicted molar refractivity (Wildman–Crippen MR) is 124 cm³/mol. The third-order valence-corrected chi connectivity index (χ3v) is 7.82. The molecule has 0 amide bonds. The van der Waals surface area contributed by atoms with Crippen LogP contribution in [0.25, 0.3) is 16.6 Å². The van der Waals surface area contributed by atoms with Crippen molar-refractivity contribution in [3.63, 3.8) is 0 Å². The van der Waals surface area contributed by atoms with E-state index < -0.39 is 43.6 Å². The van der Waals surface area contributed by atoms with Crippen molar-refractivity contribution in [3.05, 3.63) is 79.4 Å². The lowest BCUT2D eigenvalue weighted by Crippen LogP contribution is -2.35. The Hall–Kier alpha value is -3.97. The molecule has 2 heterocycles. The average Bonchev–Trinajstić information content (AvgIpc) is 3.24. The molecule has 0 aliphatic carbocycles. The number of carboxylic acid groups (broad SMARTS) is 1. The first kappa shape index (κ1) is 23.2. The van der Waals surface area contributed by atoms with Gasteiger partial charge in [-0.05, 0) is 30.3 Å². The van der Waals surface area contributed by atoms with Crippen LogP contribution in [0, 0.1) is 5.82 Å². The second-order valence-corrected chi connectivity index (χ2v) is 9.84. The van der Waals surface area contributed by atoms with Crippen LogP contribution in [0.5, 0.6) is 5.75 Å². The largest absolute Gasteiger partial charge is 0.495 e. The molecule has 0 radical (unpaired) electrons. The van der Waals surface area contributed by atoms with Crippen molar-refractivity contribution < 1.29 is 27.4 Å². The second kappa shape index (κ2) is 8.43. The predicted octanol–water partition coefficient (Wildman–Crippen LogP) is 2.41. The highest BCUT2D eigenvalue weighted by Crippen LogP contribution is 2.31. The van der Waals surface area contributed by atoms with Crippen LogP contribution in [-0.2, 0) is 10.0 Å². The lowest BCUT2D eigenvalue weighted by molar-refractivity contribution is 0.0704. The maximum absolute atomic E-state index is 14.8. The van der Waals surface area contributed by atoms with Crippen molar-refractivity contribution in [1.82, 2.24) is 9.55 Å². The number of sulfonamides is 1. The van der Waals surface area contributed by atoms with E-state index in [0.717, 1.165) is 33.8 Å². The summed E-state index contributed by atoms with van der Waals surface area (Å²) in [7, 11) is -1.64. The highest BCUT2D eigenvalue weighted by Gasteiger charge is 2.26. The number of anilines is 1. The molecule has 0 aliphatic rings. The Balaban J connectivity index is 1.93. The summed E-state index contributed by atoms with van der Waals surface area (Å²) in [5, 5.41) is 10.3. The molecule has 0 unspecified atom stereocenters. The molecule has 0 saturated carbocycles. The maximum atomic E-state index is 14.8. The van der Waals surface area contributed by atoms with Gasteiger partial charge in [-0.15, -0.1) is 11.3 Å². The highest BCUT2D eigenvalue weighted by atomic mass is 32.2. The van der Waals surface area contributed by atoms with Gasteiger partial charge in [0.15, 0.2) is 0 Å². The summed E-state index contributed by atoms with van der Waals surface area (Å²) < 4.78 is 47.8. The van der Waals surface area contributed by atoms with E-state index in [-0.39, 0.29) is 27.2 Å². The van der Waals surface area contributed by atoms with Crippen molar-refractivity contribution in [3.8, 4) is 11.4 Å². The molecule has 10 nitrogen and oxygen atoms in total. The minimum absolute atomic E-state index is 0.0197. The van der Waals surface area contributed by atoms with E-state index in [4.69, 9.17) is 4.74 Å². The van der Waals surface area contributed by atoms with E-state index in [1.807, 2.05) is 0 Å². The number of aromatic amines is 1. The first-order chi connectivity index (χ1) is 16.1. The number of carbonyl (C=O) groups is 1. The number of nitrogens with zero attached hydrogens (tertiary/aromatic N) is 2. The lowest BCUT2D eigenvalue weighted by atomic mass is 10.2. The summed E-state index contributed by atoms with van der Waals surface area (Å²) in [6.07, 6.45) is 0. The number of rotatable bonds is 6. The van der Waals surface area contributed by atoms with Gasteiger partial charge in [0.25, 0.3) is 15.6 Å². The van der Waals surface area contributed by atoms with Gasteiger partial charge in [0.2, 0.25) is 0 Å². The number of aromatic carboxylic acids is 1. The smallest absolute Gasteiger partial charge is 0.346 e. The summed E-state index contributed by atoms with van der Waals surface area (Å²) in [6.45, 7) is 0. The summed E-state index contributed by atoms with van der Waals surface area (Å²) in [6, 6.07) is 8.97. The van der Waals surface area contributed by atoms with E-state index in [0.29, 0.717) is 4.57 Å². The molecule has 13 heteroatoms. The number of halogens is 1. The van der Waals surface area contributed by atoms with E-state index in [1.165, 1.54) is 25.6 Å². The summed E-state index contributed by atoms with van der Waals surface area (Å²) in [5.41, 5.74) is -2.61. The summed E-state index contributed by atoms with van der Waals surface area (Å²) >= 11 is 0.723. The normalized spacial score (nSPS) is 11.5. The Kier molecular flexibility index (Phi) is 5.75. The van der Waals surface area contributed by atoms with Crippen LogP contribution >= 0.6 is 11.3 Å². The molecule has 0 fully saturated rings. The van der Waals surface area contributed by atoms with Gasteiger partial charge in [-0.1, -0.05) is 12.1 Å². The van der Waals surface area contributed by atoms with Crippen LogP contribution < -0.4 is 20.3 Å². The number of H-pyrrole nitrogens is 1. The summed E-state index contributed by atoms with van der Waals surface area (Å²) in [4.78, 5) is 38.7. The Labute approximate surface area is 195 Å². The number of hydrogen-bond donors (Lipinski definition) is 2. The fourth-order valence-corrected chi connectivity index (χ4v) is 5.47. The van der Waals surface area contributed by atoms with Crippen molar-refractivity contribution in [2.75, 3.05) is 18.5 Å². The quantitative estimate of drug-likeness (QED) is 0.410. The Morgan fingerprint density at radius 2 is 1.91 bits per heavy atom. The molecule has 2 N–H and O–H groups in total. The number of ether oxygens (including phenoxy) is 1. The number of thiophene rings is 1. The first-order valence-corrected chi connectivity index (χ1v) is 11.8. The third-order valence-electron chi connectivity index (χ3n) is 5.09. The summed E-state index contributed by atoms with van der Waals surface area (Å²) in [5.74, 6) is -2.18. The first-order valence-electron chi connectivity index (χ1n) is 9.49. The van der Waals surface area contributed by atoms with Gasteiger partial charge in [0, 0.05) is 12.4 Å². The molecule has 2 aromatic heterocycles. The van der Waals surface area contributed by atoms with Gasteiger partial charge in [-0.25, -0.2) is 27.0 Å². The number of benzene rings is 2.